The average molecular weight is 339 g/mol. The molecule has 2 aromatic carbocycles. The van der Waals surface area contributed by atoms with Gasteiger partial charge in [-0.15, -0.1) is 0 Å². The summed E-state index contributed by atoms with van der Waals surface area (Å²) in [6.07, 6.45) is 0. The van der Waals surface area contributed by atoms with Gasteiger partial charge in [-0.1, -0.05) is 46.3 Å². The van der Waals surface area contributed by atoms with Crippen LogP contribution < -0.4 is 4.74 Å². The van der Waals surface area contributed by atoms with Gasteiger partial charge >= 0.3 is 5.97 Å². The van der Waals surface area contributed by atoms with Crippen molar-refractivity contribution in [1.29, 1.82) is 0 Å². The normalized spacial score (nSPS) is 11.9. The van der Waals surface area contributed by atoms with E-state index in [0.717, 1.165) is 0 Å². The third-order valence-corrected chi connectivity index (χ3v) is 3.29. The van der Waals surface area contributed by atoms with Crippen LogP contribution in [0.1, 0.15) is 11.5 Å². The molecule has 0 aromatic heterocycles. The third kappa shape index (κ3) is 3.57. The van der Waals surface area contributed by atoms with Crippen molar-refractivity contribution >= 4 is 21.9 Å². The Bertz CT molecular complexity index is 601. The van der Waals surface area contributed by atoms with Crippen molar-refractivity contribution in [3.05, 3.63) is 64.4 Å². The predicted molar refractivity (Wildman–Crippen MR) is 76.4 cm³/mol. The monoisotopic (exact) mass is 338 g/mol. The van der Waals surface area contributed by atoms with Gasteiger partial charge in [-0.05, 0) is 23.8 Å². The number of aliphatic carboxylic acids is 1. The van der Waals surface area contributed by atoms with E-state index >= 15 is 0 Å². The average Bonchev–Trinajstić information content (AvgIpc) is 2.43. The number of carboxylic acid groups (broad SMARTS) is 1. The summed E-state index contributed by atoms with van der Waals surface area (Å²) in [5.41, 5.74) is 0.621. The highest BCUT2D eigenvalue weighted by atomic mass is 79.9. The fourth-order valence-electron chi connectivity index (χ4n) is 1.76. The van der Waals surface area contributed by atoms with Gasteiger partial charge in [-0.2, -0.15) is 0 Å². The van der Waals surface area contributed by atoms with Gasteiger partial charge in [0.1, 0.15) is 12.5 Å². The Kier molecular flexibility index (Phi) is 4.74. The molecule has 0 saturated heterocycles. The maximum Gasteiger partial charge on any atom is 0.314 e. The number of hydrogen-bond donors (Lipinski definition) is 1. The zero-order valence-corrected chi connectivity index (χ0v) is 12.0. The van der Waals surface area contributed by atoms with Gasteiger partial charge in [-0.3, -0.25) is 4.79 Å². The van der Waals surface area contributed by atoms with E-state index in [1.54, 1.807) is 36.4 Å². The molecule has 104 valence electrons. The first-order valence-corrected chi connectivity index (χ1v) is 6.73. The van der Waals surface area contributed by atoms with E-state index in [1.807, 2.05) is 0 Å². The minimum absolute atomic E-state index is 0.0292. The lowest BCUT2D eigenvalue weighted by Crippen LogP contribution is -2.19. The van der Waals surface area contributed by atoms with Crippen LogP contribution in [0.3, 0.4) is 0 Å². The van der Waals surface area contributed by atoms with Crippen LogP contribution in [0.5, 0.6) is 5.75 Å². The molecular formula is C15H12BrFO3. The van der Waals surface area contributed by atoms with Crippen LogP contribution in [0.15, 0.2) is 53.0 Å². The highest BCUT2D eigenvalue weighted by Crippen LogP contribution is 2.24. The second-order valence-corrected chi connectivity index (χ2v) is 5.10. The lowest BCUT2D eigenvalue weighted by molar-refractivity contribution is -0.139. The molecule has 0 heterocycles. The third-order valence-electron chi connectivity index (χ3n) is 2.80. The second-order valence-electron chi connectivity index (χ2n) is 4.19. The van der Waals surface area contributed by atoms with Crippen molar-refractivity contribution in [3.8, 4) is 5.75 Å². The minimum Gasteiger partial charge on any atom is -0.489 e. The molecule has 3 nitrogen and oxygen atoms in total. The van der Waals surface area contributed by atoms with Gasteiger partial charge in [0.05, 0.1) is 0 Å². The van der Waals surface area contributed by atoms with E-state index in [9.17, 15) is 14.3 Å². The lowest BCUT2D eigenvalue weighted by Gasteiger charge is -2.14. The summed E-state index contributed by atoms with van der Waals surface area (Å²) in [5, 5.41) is 9.25. The number of ether oxygens (including phenoxy) is 1. The van der Waals surface area contributed by atoms with Gasteiger partial charge in [0, 0.05) is 4.47 Å². The van der Waals surface area contributed by atoms with E-state index in [-0.39, 0.29) is 12.4 Å². The van der Waals surface area contributed by atoms with Crippen LogP contribution in [0, 0.1) is 5.82 Å². The first-order valence-electron chi connectivity index (χ1n) is 5.93. The topological polar surface area (TPSA) is 46.5 Å². The van der Waals surface area contributed by atoms with Crippen molar-refractivity contribution in [2.24, 2.45) is 0 Å². The summed E-state index contributed by atoms with van der Waals surface area (Å²) < 4.78 is 19.5. The van der Waals surface area contributed by atoms with Gasteiger partial charge in [-0.25, -0.2) is 4.39 Å². The molecule has 1 unspecified atom stereocenters. The molecule has 20 heavy (non-hydrogen) atoms. The standard InChI is InChI=1S/C15H12BrFO3/c16-11-6-7-13(17)14(8-11)20-9-12(15(18)19)10-4-2-1-3-5-10/h1-8,12H,9H2,(H,18,19). The van der Waals surface area contributed by atoms with Gasteiger partial charge in [0.2, 0.25) is 0 Å². The molecule has 1 atom stereocenters. The Morgan fingerprint density at radius 1 is 1.25 bits per heavy atom. The summed E-state index contributed by atoms with van der Waals surface area (Å²) in [4.78, 5) is 11.3. The number of rotatable bonds is 5. The van der Waals surface area contributed by atoms with Crippen molar-refractivity contribution in [3.63, 3.8) is 0 Å². The van der Waals surface area contributed by atoms with Crippen LogP contribution in [0.25, 0.3) is 0 Å². The first-order chi connectivity index (χ1) is 9.58. The molecule has 0 aliphatic rings. The summed E-state index contributed by atoms with van der Waals surface area (Å²) in [5.74, 6) is -2.34. The van der Waals surface area contributed by atoms with E-state index in [4.69, 9.17) is 4.74 Å². The quantitative estimate of drug-likeness (QED) is 0.900. The molecule has 0 spiro atoms. The maximum absolute atomic E-state index is 13.5. The highest BCUT2D eigenvalue weighted by molar-refractivity contribution is 9.10. The number of halogens is 2. The number of hydrogen-bond acceptors (Lipinski definition) is 2. The van der Waals surface area contributed by atoms with Crippen LogP contribution in [0.2, 0.25) is 0 Å². The molecule has 2 rings (SSSR count). The fraction of sp³-hybridized carbons (Fsp3) is 0.133. The van der Waals surface area contributed by atoms with Crippen LogP contribution in [-0.2, 0) is 4.79 Å². The Hall–Kier alpha value is -1.88. The molecule has 0 bridgehead atoms. The molecule has 0 fully saturated rings. The van der Waals surface area contributed by atoms with Crippen LogP contribution >= 0.6 is 15.9 Å². The maximum atomic E-state index is 13.5. The van der Waals surface area contributed by atoms with Crippen molar-refractivity contribution in [2.45, 2.75) is 5.92 Å². The molecule has 0 saturated carbocycles. The fourth-order valence-corrected chi connectivity index (χ4v) is 2.10. The smallest absolute Gasteiger partial charge is 0.314 e. The van der Waals surface area contributed by atoms with E-state index < -0.39 is 17.7 Å². The van der Waals surface area contributed by atoms with Gasteiger partial charge < -0.3 is 9.84 Å². The Balaban J connectivity index is 2.14. The molecule has 0 radical (unpaired) electrons. The summed E-state index contributed by atoms with van der Waals surface area (Å²) >= 11 is 3.21. The number of carbonyl (C=O) groups is 1. The minimum atomic E-state index is -1.01. The van der Waals surface area contributed by atoms with E-state index in [1.165, 1.54) is 12.1 Å². The summed E-state index contributed by atoms with van der Waals surface area (Å²) in [6, 6.07) is 13.0. The second kappa shape index (κ2) is 6.52. The zero-order chi connectivity index (χ0) is 14.5. The predicted octanol–water partition coefficient (Wildman–Crippen LogP) is 3.84. The van der Waals surface area contributed by atoms with E-state index in [0.29, 0.717) is 10.0 Å². The molecule has 0 amide bonds. The summed E-state index contributed by atoms with van der Waals surface area (Å²) in [6.45, 7) is -0.132. The van der Waals surface area contributed by atoms with Gasteiger partial charge in [0.25, 0.3) is 0 Å². The van der Waals surface area contributed by atoms with E-state index in [2.05, 4.69) is 15.9 Å². The molecule has 1 N–H and O–H groups in total. The number of carboxylic acids is 1. The largest absolute Gasteiger partial charge is 0.489 e. The molecule has 0 aliphatic carbocycles. The van der Waals surface area contributed by atoms with Crippen molar-refractivity contribution in [2.75, 3.05) is 6.61 Å². The Morgan fingerprint density at radius 2 is 1.95 bits per heavy atom. The molecule has 2 aromatic rings. The van der Waals surface area contributed by atoms with Crippen molar-refractivity contribution < 1.29 is 19.0 Å². The highest BCUT2D eigenvalue weighted by Gasteiger charge is 2.21. The number of benzene rings is 2. The van der Waals surface area contributed by atoms with Crippen LogP contribution in [0.4, 0.5) is 4.39 Å². The summed E-state index contributed by atoms with van der Waals surface area (Å²) in [7, 11) is 0. The Labute approximate surface area is 124 Å². The zero-order valence-electron chi connectivity index (χ0n) is 10.4. The molecule has 5 heteroatoms. The first kappa shape index (κ1) is 14.5. The molecule has 0 aliphatic heterocycles. The Morgan fingerprint density at radius 3 is 2.60 bits per heavy atom. The SMILES string of the molecule is O=C(O)C(COc1cc(Br)ccc1F)c1ccccc1. The molecular weight excluding hydrogens is 327 g/mol. The van der Waals surface area contributed by atoms with Crippen molar-refractivity contribution in [1.82, 2.24) is 0 Å². The lowest BCUT2D eigenvalue weighted by atomic mass is 10.0. The van der Waals surface area contributed by atoms with Gasteiger partial charge in [0.15, 0.2) is 11.6 Å². The van der Waals surface area contributed by atoms with Crippen LogP contribution in [-0.4, -0.2) is 17.7 Å².